The molecule has 0 amide bonds. The minimum atomic E-state index is 0. The van der Waals surface area contributed by atoms with Gasteiger partial charge in [0.2, 0.25) is 0 Å². The molecule has 0 atom stereocenters. The van der Waals surface area contributed by atoms with Gasteiger partial charge in [-0.25, -0.2) is 0 Å². The van der Waals surface area contributed by atoms with E-state index < -0.39 is 0 Å². The second-order valence-corrected chi connectivity index (χ2v) is 7.73. The van der Waals surface area contributed by atoms with Gasteiger partial charge in [-0.3, -0.25) is 9.98 Å². The van der Waals surface area contributed by atoms with Gasteiger partial charge in [-0.05, 0) is 11.5 Å². The second kappa shape index (κ2) is 9.08. The Morgan fingerprint density at radius 2 is 1.48 bits per heavy atom. The van der Waals surface area contributed by atoms with Crippen LogP contribution in [0.4, 0.5) is 5.69 Å². The van der Waals surface area contributed by atoms with Crippen LogP contribution in [0.3, 0.4) is 0 Å². The molecular formula is C30H18N2Pd. The van der Waals surface area contributed by atoms with Crippen molar-refractivity contribution in [1.82, 2.24) is 4.98 Å². The van der Waals surface area contributed by atoms with Crippen molar-refractivity contribution in [3.8, 4) is 11.1 Å². The number of fused-ring (bicyclic) bond motifs is 3. The molecule has 2 nitrogen and oxygen atoms in total. The summed E-state index contributed by atoms with van der Waals surface area (Å²) in [6.45, 7) is 0. The molecule has 158 valence electrons. The van der Waals surface area contributed by atoms with Gasteiger partial charge in [-0.15, -0.1) is 64.4 Å². The van der Waals surface area contributed by atoms with Crippen molar-refractivity contribution in [2.45, 2.75) is 0 Å². The molecule has 0 saturated carbocycles. The number of rotatable bonds is 3. The molecule has 1 aromatic heterocycles. The Morgan fingerprint density at radius 1 is 0.697 bits per heavy atom. The molecule has 0 spiro atoms. The summed E-state index contributed by atoms with van der Waals surface area (Å²) in [5.74, 6) is 0. The Hall–Kier alpha value is -3.64. The average molecular weight is 513 g/mol. The van der Waals surface area contributed by atoms with E-state index in [4.69, 9.17) is 4.99 Å². The Balaban J connectivity index is 0.00000228. The van der Waals surface area contributed by atoms with Gasteiger partial charge in [0.15, 0.2) is 0 Å². The van der Waals surface area contributed by atoms with Crippen LogP contribution in [0, 0.1) is 12.1 Å². The van der Waals surface area contributed by atoms with E-state index in [1.165, 1.54) is 5.39 Å². The maximum Gasteiger partial charge on any atom is 2.00 e. The molecule has 0 aliphatic rings. The fourth-order valence-corrected chi connectivity index (χ4v) is 4.20. The van der Waals surface area contributed by atoms with Crippen LogP contribution in [0.25, 0.3) is 43.4 Å². The van der Waals surface area contributed by atoms with Crippen LogP contribution in [0.15, 0.2) is 108 Å². The first kappa shape index (κ1) is 21.2. The first-order valence-electron chi connectivity index (χ1n) is 10.6. The zero-order valence-electron chi connectivity index (χ0n) is 17.6. The molecule has 0 aliphatic carbocycles. The van der Waals surface area contributed by atoms with Crippen molar-refractivity contribution in [1.29, 1.82) is 0 Å². The summed E-state index contributed by atoms with van der Waals surface area (Å²) in [4.78, 5) is 9.36. The molecule has 6 rings (SSSR count). The van der Waals surface area contributed by atoms with Crippen molar-refractivity contribution in [2.24, 2.45) is 4.99 Å². The number of aliphatic imine (C=N–C) groups is 1. The topological polar surface area (TPSA) is 25.2 Å². The van der Waals surface area contributed by atoms with Gasteiger partial charge < -0.3 is 0 Å². The molecule has 0 aliphatic heterocycles. The largest absolute Gasteiger partial charge is 2.00 e. The maximum atomic E-state index is 4.83. The van der Waals surface area contributed by atoms with E-state index in [-0.39, 0.29) is 20.4 Å². The summed E-state index contributed by atoms with van der Waals surface area (Å²) in [6.07, 6.45) is 3.68. The van der Waals surface area contributed by atoms with E-state index in [1.807, 2.05) is 54.9 Å². The van der Waals surface area contributed by atoms with Crippen LogP contribution in [-0.4, -0.2) is 11.2 Å². The Kier molecular flexibility index (Phi) is 5.84. The second-order valence-electron chi connectivity index (χ2n) is 7.73. The van der Waals surface area contributed by atoms with Crippen LogP contribution < -0.4 is 0 Å². The number of benzene rings is 5. The van der Waals surface area contributed by atoms with Gasteiger partial charge >= 0.3 is 20.4 Å². The van der Waals surface area contributed by atoms with Gasteiger partial charge in [-0.1, -0.05) is 71.4 Å². The minimum Gasteiger partial charge on any atom is -0.293 e. The molecule has 0 saturated heterocycles. The Bertz CT molecular complexity index is 1630. The van der Waals surface area contributed by atoms with Crippen molar-refractivity contribution in [2.75, 3.05) is 0 Å². The summed E-state index contributed by atoms with van der Waals surface area (Å²) in [7, 11) is 0. The monoisotopic (exact) mass is 512 g/mol. The predicted molar refractivity (Wildman–Crippen MR) is 134 cm³/mol. The number of pyridine rings is 1. The fraction of sp³-hybridized carbons (Fsp3) is 0. The van der Waals surface area contributed by atoms with E-state index >= 15 is 0 Å². The molecular weight excluding hydrogens is 495 g/mol. The standard InChI is InChI=1S/C30H18N2.Pd/c1-3-11-25-21(7-1)9-5-13-26(25)24-16-15-22-10-6-14-29(28(22)19-24)32-20-30-27-12-4-2-8-23(27)17-18-31-30;/h1-10,12-18,20H;/q-2;+2. The summed E-state index contributed by atoms with van der Waals surface area (Å²) in [5, 5.41) is 6.63. The summed E-state index contributed by atoms with van der Waals surface area (Å²) < 4.78 is 0. The quantitative estimate of drug-likeness (QED) is 0.136. The van der Waals surface area contributed by atoms with E-state index in [2.05, 4.69) is 71.7 Å². The molecule has 0 bridgehead atoms. The first-order valence-corrected chi connectivity index (χ1v) is 10.6. The van der Waals surface area contributed by atoms with Crippen molar-refractivity contribution in [3.05, 3.63) is 121 Å². The van der Waals surface area contributed by atoms with Crippen LogP contribution in [0.5, 0.6) is 0 Å². The number of hydrogen-bond acceptors (Lipinski definition) is 2. The van der Waals surface area contributed by atoms with Gasteiger partial charge in [0.05, 0.1) is 5.69 Å². The van der Waals surface area contributed by atoms with Gasteiger partial charge in [0.1, 0.15) is 0 Å². The number of hydrogen-bond donors (Lipinski definition) is 0. The first-order chi connectivity index (χ1) is 15.9. The minimum absolute atomic E-state index is 0. The normalized spacial score (nSPS) is 11.3. The SMILES string of the molecule is [Pd+2].[c-]1c(-c2cccc3ccc[c-]c23)ccc2cccc(N=Cc3nccc4ccccc34)c12. The number of nitrogens with zero attached hydrogens (tertiary/aromatic N) is 2. The van der Waals surface area contributed by atoms with Crippen LogP contribution in [-0.2, 0) is 20.4 Å². The maximum absolute atomic E-state index is 4.83. The Morgan fingerprint density at radius 3 is 2.42 bits per heavy atom. The third-order valence-corrected chi connectivity index (χ3v) is 5.78. The molecule has 0 N–H and O–H groups in total. The molecule has 0 radical (unpaired) electrons. The van der Waals surface area contributed by atoms with Gasteiger partial charge in [0.25, 0.3) is 0 Å². The number of aromatic nitrogens is 1. The van der Waals surface area contributed by atoms with Crippen LogP contribution >= 0.6 is 0 Å². The molecule has 3 heteroatoms. The molecule has 0 fully saturated rings. The molecule has 6 aromatic rings. The summed E-state index contributed by atoms with van der Waals surface area (Å²) in [6, 6.07) is 40.1. The molecule has 0 unspecified atom stereocenters. The molecule has 5 aromatic carbocycles. The van der Waals surface area contributed by atoms with E-state index in [9.17, 15) is 0 Å². The average Bonchev–Trinajstić information content (AvgIpc) is 2.87. The predicted octanol–water partition coefficient (Wildman–Crippen LogP) is 7.56. The van der Waals surface area contributed by atoms with E-state index in [0.717, 1.165) is 49.4 Å². The smallest absolute Gasteiger partial charge is 0.293 e. The third-order valence-electron chi connectivity index (χ3n) is 5.78. The molecule has 1 heterocycles. The summed E-state index contributed by atoms with van der Waals surface area (Å²) >= 11 is 0. The fourth-order valence-electron chi connectivity index (χ4n) is 4.20. The third kappa shape index (κ3) is 3.98. The van der Waals surface area contributed by atoms with Crippen LogP contribution in [0.2, 0.25) is 0 Å². The van der Waals surface area contributed by atoms with Crippen molar-refractivity contribution < 1.29 is 20.4 Å². The summed E-state index contributed by atoms with van der Waals surface area (Å²) in [5.41, 5.74) is 3.90. The van der Waals surface area contributed by atoms with Gasteiger partial charge in [-0.2, -0.15) is 0 Å². The van der Waals surface area contributed by atoms with E-state index in [0.29, 0.717) is 0 Å². The zero-order valence-corrected chi connectivity index (χ0v) is 19.2. The van der Waals surface area contributed by atoms with Gasteiger partial charge in [0, 0.05) is 23.5 Å². The van der Waals surface area contributed by atoms with Crippen molar-refractivity contribution in [3.63, 3.8) is 0 Å². The molecule has 33 heavy (non-hydrogen) atoms. The van der Waals surface area contributed by atoms with Crippen LogP contribution in [0.1, 0.15) is 5.69 Å². The van der Waals surface area contributed by atoms with E-state index in [1.54, 1.807) is 0 Å². The Labute approximate surface area is 206 Å². The zero-order chi connectivity index (χ0) is 21.3. The van der Waals surface area contributed by atoms with Crippen molar-refractivity contribution >= 4 is 44.2 Å².